The van der Waals surface area contributed by atoms with Gasteiger partial charge in [-0.2, -0.15) is 0 Å². The summed E-state index contributed by atoms with van der Waals surface area (Å²) in [6, 6.07) is 4.31. The Morgan fingerprint density at radius 2 is 2.48 bits per heavy atom. The van der Waals surface area contributed by atoms with Gasteiger partial charge in [0.25, 0.3) is 0 Å². The summed E-state index contributed by atoms with van der Waals surface area (Å²) in [7, 11) is 0. The number of hydrogen-bond acceptors (Lipinski definition) is 4. The number of carbonyl (C=O) groups excluding carboxylic acids is 1. The Morgan fingerprint density at radius 1 is 1.57 bits per heavy atom. The summed E-state index contributed by atoms with van der Waals surface area (Å²) in [5.41, 5.74) is 1.22. The SMILES string of the molecule is CCOCCC(=O)N[C@H]1CCCN(Cc2cccnc2)C1. The monoisotopic (exact) mass is 291 g/mol. The number of rotatable bonds is 7. The third kappa shape index (κ3) is 5.81. The lowest BCUT2D eigenvalue weighted by Gasteiger charge is -2.33. The lowest BCUT2D eigenvalue weighted by Crippen LogP contribution is -2.47. The first-order valence-electron chi connectivity index (χ1n) is 7.76. The number of nitrogens with zero attached hydrogens (tertiary/aromatic N) is 2. The predicted octanol–water partition coefficient (Wildman–Crippen LogP) is 1.59. The van der Waals surface area contributed by atoms with Crippen LogP contribution in [0.25, 0.3) is 0 Å². The predicted molar refractivity (Wildman–Crippen MR) is 81.8 cm³/mol. The number of pyridine rings is 1. The van der Waals surface area contributed by atoms with Crippen molar-refractivity contribution < 1.29 is 9.53 Å². The molecule has 1 aliphatic rings. The van der Waals surface area contributed by atoms with Gasteiger partial charge in [-0.05, 0) is 37.9 Å². The number of amides is 1. The minimum Gasteiger partial charge on any atom is -0.381 e. The highest BCUT2D eigenvalue weighted by Crippen LogP contribution is 2.13. The van der Waals surface area contributed by atoms with Gasteiger partial charge in [-0.3, -0.25) is 14.7 Å². The van der Waals surface area contributed by atoms with Crippen LogP contribution in [0.5, 0.6) is 0 Å². The van der Waals surface area contributed by atoms with Crippen LogP contribution in [-0.4, -0.2) is 48.1 Å². The van der Waals surface area contributed by atoms with Crippen LogP contribution >= 0.6 is 0 Å². The average Bonchev–Trinajstić information content (AvgIpc) is 2.49. The molecule has 1 atom stereocenters. The normalized spacial score (nSPS) is 19.4. The van der Waals surface area contributed by atoms with Crippen molar-refractivity contribution in [2.24, 2.45) is 0 Å². The molecular weight excluding hydrogens is 266 g/mol. The Bertz CT molecular complexity index is 425. The van der Waals surface area contributed by atoms with E-state index < -0.39 is 0 Å². The number of carbonyl (C=O) groups is 1. The number of ether oxygens (including phenoxy) is 1. The number of likely N-dealkylation sites (tertiary alicyclic amines) is 1. The molecule has 1 saturated heterocycles. The van der Waals surface area contributed by atoms with Gasteiger partial charge >= 0.3 is 0 Å². The Labute approximate surface area is 126 Å². The molecule has 1 N–H and O–H groups in total. The van der Waals surface area contributed by atoms with Crippen LogP contribution in [0, 0.1) is 0 Å². The highest BCUT2D eigenvalue weighted by atomic mass is 16.5. The van der Waals surface area contributed by atoms with Crippen LogP contribution in [0.2, 0.25) is 0 Å². The molecule has 1 aromatic rings. The van der Waals surface area contributed by atoms with Crippen molar-refractivity contribution in [1.29, 1.82) is 0 Å². The van der Waals surface area contributed by atoms with Crippen molar-refractivity contribution in [3.63, 3.8) is 0 Å². The van der Waals surface area contributed by atoms with Gasteiger partial charge in [0.15, 0.2) is 0 Å². The Kier molecular flexibility index (Phi) is 6.63. The molecule has 116 valence electrons. The minimum absolute atomic E-state index is 0.0941. The van der Waals surface area contributed by atoms with Gasteiger partial charge in [0.1, 0.15) is 0 Å². The summed E-state index contributed by atoms with van der Waals surface area (Å²) in [5.74, 6) is 0.0941. The molecule has 5 heteroatoms. The quantitative estimate of drug-likeness (QED) is 0.775. The van der Waals surface area contributed by atoms with E-state index in [1.165, 1.54) is 5.56 Å². The van der Waals surface area contributed by atoms with Crippen molar-refractivity contribution in [3.05, 3.63) is 30.1 Å². The standard InChI is InChI=1S/C16H25N3O2/c1-2-21-10-7-16(20)18-15-6-4-9-19(13-15)12-14-5-3-8-17-11-14/h3,5,8,11,15H,2,4,6-7,9-10,12-13H2,1H3,(H,18,20)/t15-/m0/s1. The molecule has 1 fully saturated rings. The van der Waals surface area contributed by atoms with Crippen LogP contribution < -0.4 is 5.32 Å². The molecule has 0 saturated carbocycles. The van der Waals surface area contributed by atoms with Crippen LogP contribution in [0.15, 0.2) is 24.5 Å². The summed E-state index contributed by atoms with van der Waals surface area (Å²) >= 11 is 0. The second-order valence-corrected chi connectivity index (χ2v) is 5.45. The maximum absolute atomic E-state index is 11.8. The van der Waals surface area contributed by atoms with Crippen LogP contribution in [-0.2, 0) is 16.1 Å². The fraction of sp³-hybridized carbons (Fsp3) is 0.625. The average molecular weight is 291 g/mol. The van der Waals surface area contributed by atoms with Crippen molar-refractivity contribution in [2.75, 3.05) is 26.3 Å². The number of hydrogen-bond donors (Lipinski definition) is 1. The van der Waals surface area contributed by atoms with Gasteiger partial charge < -0.3 is 10.1 Å². The molecule has 5 nitrogen and oxygen atoms in total. The second kappa shape index (κ2) is 8.74. The van der Waals surface area contributed by atoms with Crippen molar-refractivity contribution in [1.82, 2.24) is 15.2 Å². The molecule has 2 heterocycles. The fourth-order valence-corrected chi connectivity index (χ4v) is 2.68. The molecule has 0 aromatic carbocycles. The molecule has 0 bridgehead atoms. The number of aromatic nitrogens is 1. The highest BCUT2D eigenvalue weighted by Gasteiger charge is 2.21. The lowest BCUT2D eigenvalue weighted by atomic mass is 10.0. The fourth-order valence-electron chi connectivity index (χ4n) is 2.68. The summed E-state index contributed by atoms with van der Waals surface area (Å²) in [4.78, 5) is 18.4. The van der Waals surface area contributed by atoms with Crippen molar-refractivity contribution >= 4 is 5.91 Å². The maximum Gasteiger partial charge on any atom is 0.222 e. The zero-order valence-electron chi connectivity index (χ0n) is 12.8. The molecule has 1 amide bonds. The van der Waals surface area contributed by atoms with E-state index in [4.69, 9.17) is 4.74 Å². The van der Waals surface area contributed by atoms with E-state index in [9.17, 15) is 4.79 Å². The molecular formula is C16H25N3O2. The number of nitrogens with one attached hydrogen (secondary N) is 1. The van der Waals surface area contributed by atoms with E-state index in [-0.39, 0.29) is 11.9 Å². The molecule has 0 radical (unpaired) electrons. The first-order valence-corrected chi connectivity index (χ1v) is 7.76. The molecule has 1 aromatic heterocycles. The second-order valence-electron chi connectivity index (χ2n) is 5.45. The van der Waals surface area contributed by atoms with Crippen molar-refractivity contribution in [2.45, 2.75) is 38.8 Å². The molecule has 21 heavy (non-hydrogen) atoms. The van der Waals surface area contributed by atoms with Crippen LogP contribution in [0.3, 0.4) is 0 Å². The topological polar surface area (TPSA) is 54.5 Å². The summed E-state index contributed by atoms with van der Waals surface area (Å²) < 4.78 is 5.22. The lowest BCUT2D eigenvalue weighted by molar-refractivity contribution is -0.123. The number of piperidine rings is 1. The largest absolute Gasteiger partial charge is 0.381 e. The molecule has 1 aliphatic heterocycles. The van der Waals surface area contributed by atoms with Gasteiger partial charge in [0.2, 0.25) is 5.91 Å². The zero-order chi connectivity index (χ0) is 14.9. The van der Waals surface area contributed by atoms with Gasteiger partial charge in [0.05, 0.1) is 6.61 Å². The molecule has 0 spiro atoms. The Hall–Kier alpha value is -1.46. The Morgan fingerprint density at radius 3 is 3.24 bits per heavy atom. The highest BCUT2D eigenvalue weighted by molar-refractivity contribution is 5.76. The van der Waals surface area contributed by atoms with E-state index >= 15 is 0 Å². The summed E-state index contributed by atoms with van der Waals surface area (Å²) in [6.45, 7) is 6.01. The van der Waals surface area contributed by atoms with E-state index in [0.29, 0.717) is 19.6 Å². The molecule has 0 aliphatic carbocycles. The summed E-state index contributed by atoms with van der Waals surface area (Å²) in [5, 5.41) is 3.12. The van der Waals surface area contributed by atoms with Gasteiger partial charge in [0, 0.05) is 44.6 Å². The van der Waals surface area contributed by atoms with Crippen LogP contribution in [0.4, 0.5) is 0 Å². The first-order chi connectivity index (χ1) is 10.3. The van der Waals surface area contributed by atoms with E-state index in [2.05, 4.69) is 21.3 Å². The minimum atomic E-state index is 0.0941. The third-order valence-corrected chi connectivity index (χ3v) is 3.68. The van der Waals surface area contributed by atoms with E-state index in [1.54, 1.807) is 6.20 Å². The van der Waals surface area contributed by atoms with Crippen molar-refractivity contribution in [3.8, 4) is 0 Å². The summed E-state index contributed by atoms with van der Waals surface area (Å²) in [6.07, 6.45) is 6.33. The van der Waals surface area contributed by atoms with E-state index in [1.807, 2.05) is 19.2 Å². The zero-order valence-corrected chi connectivity index (χ0v) is 12.8. The smallest absolute Gasteiger partial charge is 0.222 e. The molecule has 0 unspecified atom stereocenters. The third-order valence-electron chi connectivity index (χ3n) is 3.68. The van der Waals surface area contributed by atoms with E-state index in [0.717, 1.165) is 32.5 Å². The van der Waals surface area contributed by atoms with Gasteiger partial charge in [-0.1, -0.05) is 6.07 Å². The van der Waals surface area contributed by atoms with Crippen LogP contribution in [0.1, 0.15) is 31.7 Å². The Balaban J connectivity index is 1.74. The maximum atomic E-state index is 11.8. The first kappa shape index (κ1) is 15.9. The molecule has 2 rings (SSSR count). The van der Waals surface area contributed by atoms with Gasteiger partial charge in [-0.25, -0.2) is 0 Å². The van der Waals surface area contributed by atoms with Gasteiger partial charge in [-0.15, -0.1) is 0 Å².